The van der Waals surface area contributed by atoms with Crippen molar-refractivity contribution < 1.29 is 9.90 Å². The minimum absolute atomic E-state index is 0.134. The van der Waals surface area contributed by atoms with Crippen molar-refractivity contribution in [2.24, 2.45) is 11.3 Å². The molecule has 3 atom stereocenters. The van der Waals surface area contributed by atoms with Gasteiger partial charge in [-0.2, -0.15) is 0 Å². The number of aliphatic hydroxyl groups excluding tert-OH is 1. The fraction of sp³-hybridized carbons (Fsp3) is 0.929. The number of carbonyl (C=O) groups is 1. The maximum atomic E-state index is 11.4. The fourth-order valence-corrected chi connectivity index (χ4v) is 3.01. The summed E-state index contributed by atoms with van der Waals surface area (Å²) in [7, 11) is 2.05. The second kappa shape index (κ2) is 6.50. The third-order valence-electron chi connectivity index (χ3n) is 3.89. The largest absolute Gasteiger partial charge is 0.393 e. The highest BCUT2D eigenvalue weighted by atomic mass is 16.3. The lowest BCUT2D eigenvalue weighted by molar-refractivity contribution is -0.119. The van der Waals surface area contributed by atoms with Gasteiger partial charge in [-0.15, -0.1) is 0 Å². The zero-order valence-electron chi connectivity index (χ0n) is 11.5. The van der Waals surface area contributed by atoms with Crippen LogP contribution >= 0.6 is 0 Å². The Morgan fingerprint density at radius 3 is 2.82 bits per heavy atom. The Balaban J connectivity index is 2.47. The first-order valence-electron chi connectivity index (χ1n) is 6.80. The number of hydrogen-bond donors (Lipinski definition) is 1. The Morgan fingerprint density at radius 2 is 2.29 bits per heavy atom. The molecule has 0 aromatic carbocycles. The molecular formula is C14H27NO2. The third-order valence-corrected chi connectivity index (χ3v) is 3.89. The van der Waals surface area contributed by atoms with Crippen molar-refractivity contribution in [3.05, 3.63) is 0 Å². The van der Waals surface area contributed by atoms with E-state index in [1.54, 1.807) is 0 Å². The smallest absolute Gasteiger partial charge is 0.127 e. The van der Waals surface area contributed by atoms with Gasteiger partial charge in [-0.3, -0.25) is 0 Å². The van der Waals surface area contributed by atoms with E-state index in [4.69, 9.17) is 0 Å². The third kappa shape index (κ3) is 4.76. The Kier molecular flexibility index (Phi) is 5.60. The van der Waals surface area contributed by atoms with Gasteiger partial charge in [0.1, 0.15) is 6.29 Å². The van der Waals surface area contributed by atoms with Crippen LogP contribution in [0.2, 0.25) is 0 Å². The van der Waals surface area contributed by atoms with Crippen LogP contribution in [0.3, 0.4) is 0 Å². The van der Waals surface area contributed by atoms with Crippen LogP contribution in [0.25, 0.3) is 0 Å². The van der Waals surface area contributed by atoms with Gasteiger partial charge in [0, 0.05) is 18.5 Å². The summed E-state index contributed by atoms with van der Waals surface area (Å²) < 4.78 is 0. The van der Waals surface area contributed by atoms with Crippen molar-refractivity contribution in [3.63, 3.8) is 0 Å². The molecule has 1 aliphatic rings. The first-order chi connectivity index (χ1) is 7.97. The predicted octanol–water partition coefficient (Wildman–Crippen LogP) is 2.08. The van der Waals surface area contributed by atoms with Gasteiger partial charge in [-0.25, -0.2) is 0 Å². The lowest BCUT2D eigenvalue weighted by Gasteiger charge is -2.38. The summed E-state index contributed by atoms with van der Waals surface area (Å²) in [4.78, 5) is 13.6. The number of aldehydes is 1. The van der Waals surface area contributed by atoms with Gasteiger partial charge < -0.3 is 14.8 Å². The SMILES string of the molecule is CC(O)CCN(C)CC1(C=O)CCCC(C)C1. The quantitative estimate of drug-likeness (QED) is 0.724. The Bertz CT molecular complexity index is 242. The van der Waals surface area contributed by atoms with Gasteiger partial charge in [0.15, 0.2) is 0 Å². The van der Waals surface area contributed by atoms with E-state index in [1.165, 1.54) is 19.1 Å². The molecule has 0 heterocycles. The molecule has 0 amide bonds. The van der Waals surface area contributed by atoms with Crippen LogP contribution in [0, 0.1) is 11.3 Å². The second-order valence-corrected chi connectivity index (χ2v) is 6.06. The van der Waals surface area contributed by atoms with Crippen LogP contribution < -0.4 is 0 Å². The molecule has 3 heteroatoms. The van der Waals surface area contributed by atoms with Crippen LogP contribution in [0.1, 0.15) is 46.0 Å². The van der Waals surface area contributed by atoms with Crippen LogP contribution in [0.15, 0.2) is 0 Å². The average Bonchev–Trinajstić information content (AvgIpc) is 2.26. The van der Waals surface area contributed by atoms with Crippen molar-refractivity contribution in [3.8, 4) is 0 Å². The summed E-state index contributed by atoms with van der Waals surface area (Å²) in [6.45, 7) is 5.76. The molecule has 1 rings (SSSR count). The highest BCUT2D eigenvalue weighted by molar-refractivity contribution is 5.60. The molecule has 17 heavy (non-hydrogen) atoms. The van der Waals surface area contributed by atoms with E-state index in [9.17, 15) is 9.90 Å². The molecule has 1 N–H and O–H groups in total. The lowest BCUT2D eigenvalue weighted by Crippen LogP contribution is -2.41. The molecule has 1 saturated carbocycles. The van der Waals surface area contributed by atoms with Crippen LogP contribution in [-0.4, -0.2) is 42.5 Å². The molecule has 1 fully saturated rings. The molecular weight excluding hydrogens is 214 g/mol. The molecule has 0 aromatic rings. The molecule has 3 nitrogen and oxygen atoms in total. The summed E-state index contributed by atoms with van der Waals surface area (Å²) in [5.74, 6) is 0.666. The monoisotopic (exact) mass is 241 g/mol. The van der Waals surface area contributed by atoms with Gasteiger partial charge in [0.2, 0.25) is 0 Å². The maximum Gasteiger partial charge on any atom is 0.127 e. The minimum Gasteiger partial charge on any atom is -0.393 e. The van der Waals surface area contributed by atoms with Gasteiger partial charge in [-0.1, -0.05) is 19.8 Å². The molecule has 0 spiro atoms. The normalized spacial score (nSPS) is 31.5. The zero-order valence-corrected chi connectivity index (χ0v) is 11.5. The average molecular weight is 241 g/mol. The van der Waals surface area contributed by atoms with Crippen molar-refractivity contribution in [1.82, 2.24) is 4.90 Å². The van der Waals surface area contributed by atoms with Gasteiger partial charge in [0.25, 0.3) is 0 Å². The number of nitrogens with zero attached hydrogens (tertiary/aromatic N) is 1. The maximum absolute atomic E-state index is 11.4. The van der Waals surface area contributed by atoms with Crippen LogP contribution in [-0.2, 0) is 4.79 Å². The summed E-state index contributed by atoms with van der Waals surface area (Å²) in [5, 5.41) is 9.27. The fourth-order valence-electron chi connectivity index (χ4n) is 3.01. The van der Waals surface area contributed by atoms with E-state index < -0.39 is 0 Å². The molecule has 0 aromatic heterocycles. The molecule has 0 radical (unpaired) electrons. The predicted molar refractivity (Wildman–Crippen MR) is 69.9 cm³/mol. The topological polar surface area (TPSA) is 40.5 Å². The number of carbonyl (C=O) groups excluding carboxylic acids is 1. The van der Waals surface area contributed by atoms with Gasteiger partial charge in [0.05, 0.1) is 6.10 Å². The Hall–Kier alpha value is -0.410. The molecule has 100 valence electrons. The molecule has 3 unspecified atom stereocenters. The van der Waals surface area contributed by atoms with Crippen molar-refractivity contribution in [2.45, 2.75) is 52.1 Å². The van der Waals surface area contributed by atoms with E-state index in [0.717, 1.165) is 32.4 Å². The van der Waals surface area contributed by atoms with E-state index in [2.05, 4.69) is 11.8 Å². The molecule has 0 saturated heterocycles. The number of aliphatic hydroxyl groups is 1. The number of hydrogen-bond acceptors (Lipinski definition) is 3. The van der Waals surface area contributed by atoms with Crippen LogP contribution in [0.4, 0.5) is 0 Å². The van der Waals surface area contributed by atoms with Crippen molar-refractivity contribution >= 4 is 6.29 Å². The molecule has 0 aliphatic heterocycles. The minimum atomic E-state index is -0.255. The first-order valence-corrected chi connectivity index (χ1v) is 6.80. The van der Waals surface area contributed by atoms with Crippen molar-refractivity contribution in [1.29, 1.82) is 0 Å². The lowest BCUT2D eigenvalue weighted by atomic mass is 9.71. The first kappa shape index (κ1) is 14.7. The van der Waals surface area contributed by atoms with E-state index in [-0.39, 0.29) is 11.5 Å². The summed E-state index contributed by atoms with van der Waals surface area (Å²) in [6, 6.07) is 0. The highest BCUT2D eigenvalue weighted by Crippen LogP contribution is 2.38. The standard InChI is InChI=1S/C14H27NO2/c1-12-5-4-7-14(9-12,11-16)10-15(3)8-6-13(2)17/h11-13,17H,4-10H2,1-3H3. The number of rotatable bonds is 6. The zero-order chi connectivity index (χ0) is 12.9. The Morgan fingerprint density at radius 1 is 1.59 bits per heavy atom. The molecule has 1 aliphatic carbocycles. The van der Waals surface area contributed by atoms with Gasteiger partial charge >= 0.3 is 0 Å². The van der Waals surface area contributed by atoms with E-state index in [1.807, 2.05) is 14.0 Å². The van der Waals surface area contributed by atoms with Crippen LogP contribution in [0.5, 0.6) is 0 Å². The van der Waals surface area contributed by atoms with Crippen molar-refractivity contribution in [2.75, 3.05) is 20.1 Å². The Labute approximate surface area is 105 Å². The van der Waals surface area contributed by atoms with E-state index >= 15 is 0 Å². The van der Waals surface area contributed by atoms with Gasteiger partial charge in [-0.05, 0) is 39.2 Å². The summed E-state index contributed by atoms with van der Waals surface area (Å²) in [6.07, 6.45) is 6.18. The summed E-state index contributed by atoms with van der Waals surface area (Å²) >= 11 is 0. The molecule has 0 bridgehead atoms. The second-order valence-electron chi connectivity index (χ2n) is 6.06. The summed E-state index contributed by atoms with van der Waals surface area (Å²) in [5.41, 5.74) is -0.134. The van der Waals surface area contributed by atoms with E-state index in [0.29, 0.717) is 5.92 Å². The highest BCUT2D eigenvalue weighted by Gasteiger charge is 2.35.